The van der Waals surface area contributed by atoms with Gasteiger partial charge in [0.2, 0.25) is 0 Å². The van der Waals surface area contributed by atoms with Gasteiger partial charge in [0.05, 0.1) is 13.2 Å². The molecule has 0 aliphatic carbocycles. The molecule has 39 heavy (non-hydrogen) atoms. The Bertz CT molecular complexity index is 1220. The van der Waals surface area contributed by atoms with Gasteiger partial charge in [0, 0.05) is 22.6 Å². The lowest BCUT2D eigenvalue weighted by molar-refractivity contribution is -0.207. The van der Waals surface area contributed by atoms with E-state index in [1.165, 1.54) is 12.1 Å². The standard InChI is InChI=1S/C33H38F4O2/c1-3-5-7-9-11-25-16-17-26(30(35)29(25)34)23-12-14-24(15-13-23)27-18-19-28(32(37)31(27)36)33-38-20-22(21-39-33)10-8-6-4-2/h12-19,22,33H,3-11,20-21H2,1-2H3. The van der Waals surface area contributed by atoms with Gasteiger partial charge in [-0.05, 0) is 36.0 Å². The number of ether oxygens (including phenoxy) is 2. The summed E-state index contributed by atoms with van der Waals surface area (Å²) in [5.74, 6) is -3.46. The summed E-state index contributed by atoms with van der Waals surface area (Å²) in [6.45, 7) is 5.16. The molecule has 2 nitrogen and oxygen atoms in total. The molecule has 0 amide bonds. The second-order valence-electron chi connectivity index (χ2n) is 10.5. The van der Waals surface area contributed by atoms with Crippen LogP contribution in [0.4, 0.5) is 17.6 Å². The molecule has 4 rings (SSSR count). The van der Waals surface area contributed by atoms with Gasteiger partial charge < -0.3 is 9.47 Å². The molecule has 210 valence electrons. The second-order valence-corrected chi connectivity index (χ2v) is 10.5. The Balaban J connectivity index is 1.45. The fourth-order valence-electron chi connectivity index (χ4n) is 5.12. The van der Waals surface area contributed by atoms with E-state index < -0.39 is 29.6 Å². The average Bonchev–Trinajstić information content (AvgIpc) is 2.96. The lowest BCUT2D eigenvalue weighted by Crippen LogP contribution is -2.27. The molecular weight excluding hydrogens is 504 g/mol. The molecule has 3 aromatic rings. The minimum absolute atomic E-state index is 0.0345. The molecule has 0 N–H and O–H groups in total. The Kier molecular flexibility index (Phi) is 10.6. The van der Waals surface area contributed by atoms with Crippen LogP contribution >= 0.6 is 0 Å². The highest BCUT2D eigenvalue weighted by atomic mass is 19.2. The fraction of sp³-hybridized carbons (Fsp3) is 0.455. The van der Waals surface area contributed by atoms with Crippen molar-refractivity contribution in [2.45, 2.75) is 77.9 Å². The van der Waals surface area contributed by atoms with Crippen molar-refractivity contribution in [2.75, 3.05) is 13.2 Å². The Morgan fingerprint density at radius 2 is 1.18 bits per heavy atom. The van der Waals surface area contributed by atoms with Crippen LogP contribution in [-0.4, -0.2) is 13.2 Å². The molecule has 3 aromatic carbocycles. The summed E-state index contributed by atoms with van der Waals surface area (Å²) in [6, 6.07) is 12.5. The molecule has 0 unspecified atom stereocenters. The van der Waals surface area contributed by atoms with E-state index in [9.17, 15) is 8.78 Å². The predicted molar refractivity (Wildman–Crippen MR) is 147 cm³/mol. The third-order valence-electron chi connectivity index (χ3n) is 7.52. The smallest absolute Gasteiger partial charge is 0.186 e. The summed E-state index contributed by atoms with van der Waals surface area (Å²) >= 11 is 0. The Hall–Kier alpha value is -2.70. The van der Waals surface area contributed by atoms with Crippen molar-refractivity contribution in [2.24, 2.45) is 5.92 Å². The number of hydrogen-bond acceptors (Lipinski definition) is 2. The van der Waals surface area contributed by atoms with E-state index in [4.69, 9.17) is 9.47 Å². The van der Waals surface area contributed by atoms with Crippen LogP contribution in [0.3, 0.4) is 0 Å². The molecule has 1 saturated heterocycles. The van der Waals surface area contributed by atoms with Gasteiger partial charge in [-0.15, -0.1) is 0 Å². The molecular formula is C33H38F4O2. The normalized spacial score (nSPS) is 17.5. The van der Waals surface area contributed by atoms with Crippen molar-refractivity contribution in [3.05, 3.63) is 82.9 Å². The van der Waals surface area contributed by atoms with Crippen molar-refractivity contribution < 1.29 is 27.0 Å². The van der Waals surface area contributed by atoms with Crippen LogP contribution in [0.5, 0.6) is 0 Å². The Morgan fingerprint density at radius 1 is 0.615 bits per heavy atom. The van der Waals surface area contributed by atoms with E-state index in [2.05, 4.69) is 13.8 Å². The Morgan fingerprint density at radius 3 is 1.79 bits per heavy atom. The summed E-state index contributed by atoms with van der Waals surface area (Å²) in [7, 11) is 0. The third kappa shape index (κ3) is 7.09. The van der Waals surface area contributed by atoms with Crippen LogP contribution < -0.4 is 0 Å². The van der Waals surface area contributed by atoms with Crippen LogP contribution in [-0.2, 0) is 15.9 Å². The quantitative estimate of drug-likeness (QED) is 0.167. The first-order chi connectivity index (χ1) is 18.9. The van der Waals surface area contributed by atoms with Gasteiger partial charge in [-0.25, -0.2) is 17.6 Å². The topological polar surface area (TPSA) is 18.5 Å². The van der Waals surface area contributed by atoms with Crippen molar-refractivity contribution in [1.29, 1.82) is 0 Å². The maximum absolute atomic E-state index is 15.1. The molecule has 0 aromatic heterocycles. The van der Waals surface area contributed by atoms with Gasteiger partial charge in [-0.3, -0.25) is 0 Å². The van der Waals surface area contributed by atoms with Gasteiger partial charge in [0.1, 0.15) is 0 Å². The molecule has 1 aliphatic heterocycles. The Labute approximate surface area is 229 Å². The van der Waals surface area contributed by atoms with Crippen LogP contribution in [0.1, 0.15) is 82.6 Å². The van der Waals surface area contributed by atoms with Gasteiger partial charge in [-0.1, -0.05) is 101 Å². The predicted octanol–water partition coefficient (Wildman–Crippen LogP) is 9.94. The minimum Gasteiger partial charge on any atom is -0.348 e. The SMILES string of the molecule is CCCCCCc1ccc(-c2ccc(-c3ccc(C4OCC(CCCCC)CO4)c(F)c3F)cc2)c(F)c1F. The van der Waals surface area contributed by atoms with E-state index in [1.54, 1.807) is 36.4 Å². The first kappa shape index (κ1) is 29.3. The van der Waals surface area contributed by atoms with Crippen LogP contribution in [0, 0.1) is 29.2 Å². The molecule has 1 heterocycles. The molecule has 1 fully saturated rings. The number of unbranched alkanes of at least 4 members (excludes halogenated alkanes) is 5. The number of hydrogen-bond donors (Lipinski definition) is 0. The molecule has 0 saturated carbocycles. The molecule has 1 aliphatic rings. The van der Waals surface area contributed by atoms with Gasteiger partial charge in [0.15, 0.2) is 29.6 Å². The number of halogens is 4. The van der Waals surface area contributed by atoms with Crippen LogP contribution in [0.25, 0.3) is 22.3 Å². The number of aryl methyl sites for hydroxylation is 1. The highest BCUT2D eigenvalue weighted by molar-refractivity contribution is 5.71. The second kappa shape index (κ2) is 14.1. The van der Waals surface area contributed by atoms with Crippen molar-refractivity contribution >= 4 is 0 Å². The van der Waals surface area contributed by atoms with E-state index >= 15 is 8.78 Å². The molecule has 0 bridgehead atoms. The summed E-state index contributed by atoms with van der Waals surface area (Å²) < 4.78 is 71.2. The van der Waals surface area contributed by atoms with Gasteiger partial charge in [-0.2, -0.15) is 0 Å². The van der Waals surface area contributed by atoms with Gasteiger partial charge in [0.25, 0.3) is 0 Å². The molecule has 6 heteroatoms. The summed E-state index contributed by atoms with van der Waals surface area (Å²) in [4.78, 5) is 0. The van der Waals surface area contributed by atoms with Crippen molar-refractivity contribution in [1.82, 2.24) is 0 Å². The fourth-order valence-corrected chi connectivity index (χ4v) is 5.12. The van der Waals surface area contributed by atoms with Crippen LogP contribution in [0.2, 0.25) is 0 Å². The lowest BCUT2D eigenvalue weighted by atomic mass is 9.96. The van der Waals surface area contributed by atoms with E-state index in [0.29, 0.717) is 36.3 Å². The number of benzene rings is 3. The highest BCUT2D eigenvalue weighted by Crippen LogP contribution is 2.35. The van der Waals surface area contributed by atoms with E-state index in [-0.39, 0.29) is 22.6 Å². The zero-order chi connectivity index (χ0) is 27.8. The summed E-state index contributed by atoms with van der Waals surface area (Å²) in [5.41, 5.74) is 1.51. The first-order valence-electron chi connectivity index (χ1n) is 14.2. The first-order valence-corrected chi connectivity index (χ1v) is 14.2. The largest absolute Gasteiger partial charge is 0.348 e. The van der Waals surface area contributed by atoms with Gasteiger partial charge >= 0.3 is 0 Å². The lowest BCUT2D eigenvalue weighted by Gasteiger charge is -2.30. The highest BCUT2D eigenvalue weighted by Gasteiger charge is 2.28. The maximum atomic E-state index is 15.1. The average molecular weight is 543 g/mol. The van der Waals surface area contributed by atoms with E-state index in [1.807, 2.05) is 0 Å². The zero-order valence-electron chi connectivity index (χ0n) is 22.9. The van der Waals surface area contributed by atoms with Crippen molar-refractivity contribution in [3.8, 4) is 22.3 Å². The molecule has 0 radical (unpaired) electrons. The maximum Gasteiger partial charge on any atom is 0.186 e. The van der Waals surface area contributed by atoms with Crippen molar-refractivity contribution in [3.63, 3.8) is 0 Å². The molecule has 0 spiro atoms. The minimum atomic E-state index is -1.01. The zero-order valence-corrected chi connectivity index (χ0v) is 22.9. The number of rotatable bonds is 12. The monoisotopic (exact) mass is 542 g/mol. The molecule has 0 atom stereocenters. The van der Waals surface area contributed by atoms with Crippen LogP contribution in [0.15, 0.2) is 48.5 Å². The third-order valence-corrected chi connectivity index (χ3v) is 7.52. The summed E-state index contributed by atoms with van der Waals surface area (Å²) in [5, 5.41) is 0. The summed E-state index contributed by atoms with van der Waals surface area (Å²) in [6.07, 6.45) is 7.89. The van der Waals surface area contributed by atoms with E-state index in [0.717, 1.165) is 51.4 Å².